The highest BCUT2D eigenvalue weighted by Gasteiger charge is 2.12. The SMILES string of the molecule is O=C(O)CCC(=O)c1ccc(NCCCCCCC2CCCCC2)cc1. The predicted octanol–water partition coefficient (Wildman–Crippen LogP) is 5.68. The highest BCUT2D eigenvalue weighted by Crippen LogP contribution is 2.28. The molecule has 4 heteroatoms. The van der Waals surface area contributed by atoms with E-state index in [4.69, 9.17) is 5.11 Å². The zero-order valence-electron chi connectivity index (χ0n) is 15.8. The van der Waals surface area contributed by atoms with Crippen LogP contribution in [0, 0.1) is 5.92 Å². The molecule has 144 valence electrons. The minimum atomic E-state index is -0.935. The number of hydrogen-bond donors (Lipinski definition) is 2. The summed E-state index contributed by atoms with van der Waals surface area (Å²) in [5, 5.41) is 12.0. The Hall–Kier alpha value is -1.84. The number of carboxylic acid groups (broad SMARTS) is 1. The van der Waals surface area contributed by atoms with Gasteiger partial charge in [-0.2, -0.15) is 0 Å². The highest BCUT2D eigenvalue weighted by molar-refractivity contribution is 5.97. The minimum absolute atomic E-state index is 0.0585. The van der Waals surface area contributed by atoms with Crippen LogP contribution in [0.25, 0.3) is 0 Å². The Bertz CT molecular complexity index is 547. The maximum absolute atomic E-state index is 11.9. The zero-order chi connectivity index (χ0) is 18.6. The molecule has 1 aromatic carbocycles. The number of rotatable bonds is 12. The summed E-state index contributed by atoms with van der Waals surface area (Å²) in [4.78, 5) is 22.4. The second-order valence-corrected chi connectivity index (χ2v) is 7.53. The molecule has 2 N–H and O–H groups in total. The molecule has 26 heavy (non-hydrogen) atoms. The van der Waals surface area contributed by atoms with Crippen molar-refractivity contribution in [2.45, 2.75) is 77.0 Å². The first kappa shape index (κ1) is 20.5. The number of ketones is 1. The maximum atomic E-state index is 11.9. The van der Waals surface area contributed by atoms with Gasteiger partial charge in [0.25, 0.3) is 0 Å². The van der Waals surface area contributed by atoms with Gasteiger partial charge in [-0.25, -0.2) is 0 Å². The van der Waals surface area contributed by atoms with E-state index in [1.807, 2.05) is 12.1 Å². The number of hydrogen-bond acceptors (Lipinski definition) is 3. The molecule has 0 amide bonds. The molecule has 0 aliphatic heterocycles. The molecular weight excluding hydrogens is 326 g/mol. The van der Waals surface area contributed by atoms with E-state index < -0.39 is 5.97 Å². The number of aliphatic carboxylic acids is 1. The van der Waals surface area contributed by atoms with E-state index in [1.54, 1.807) is 12.1 Å². The summed E-state index contributed by atoms with van der Waals surface area (Å²) in [5.41, 5.74) is 1.60. The van der Waals surface area contributed by atoms with Crippen LogP contribution in [0.4, 0.5) is 5.69 Å². The van der Waals surface area contributed by atoms with Gasteiger partial charge in [0.1, 0.15) is 0 Å². The van der Waals surface area contributed by atoms with Gasteiger partial charge in [0.2, 0.25) is 0 Å². The molecule has 0 aromatic heterocycles. The lowest BCUT2D eigenvalue weighted by atomic mass is 9.85. The molecule has 1 saturated carbocycles. The summed E-state index contributed by atoms with van der Waals surface area (Å²) in [7, 11) is 0. The van der Waals surface area contributed by atoms with Gasteiger partial charge in [-0.1, -0.05) is 57.8 Å². The van der Waals surface area contributed by atoms with Crippen molar-refractivity contribution in [3.8, 4) is 0 Å². The van der Waals surface area contributed by atoms with Gasteiger partial charge in [0.05, 0.1) is 6.42 Å². The van der Waals surface area contributed by atoms with E-state index >= 15 is 0 Å². The first-order chi connectivity index (χ1) is 12.6. The topological polar surface area (TPSA) is 66.4 Å². The van der Waals surface area contributed by atoms with E-state index in [1.165, 1.54) is 64.2 Å². The lowest BCUT2D eigenvalue weighted by Gasteiger charge is -2.21. The van der Waals surface area contributed by atoms with Gasteiger partial charge >= 0.3 is 5.97 Å². The number of benzene rings is 1. The van der Waals surface area contributed by atoms with Crippen LogP contribution in [-0.4, -0.2) is 23.4 Å². The fourth-order valence-electron chi connectivity index (χ4n) is 3.76. The van der Waals surface area contributed by atoms with Gasteiger partial charge in [-0.15, -0.1) is 0 Å². The number of anilines is 1. The van der Waals surface area contributed by atoms with E-state index in [0.29, 0.717) is 5.56 Å². The quantitative estimate of drug-likeness (QED) is 0.372. The van der Waals surface area contributed by atoms with Crippen molar-refractivity contribution >= 4 is 17.4 Å². The van der Waals surface area contributed by atoms with Gasteiger partial charge < -0.3 is 10.4 Å². The van der Waals surface area contributed by atoms with Gasteiger partial charge in [0, 0.05) is 24.2 Å². The van der Waals surface area contributed by atoms with Crippen molar-refractivity contribution in [2.75, 3.05) is 11.9 Å². The normalized spacial score (nSPS) is 14.9. The minimum Gasteiger partial charge on any atom is -0.481 e. The third-order valence-corrected chi connectivity index (χ3v) is 5.37. The average Bonchev–Trinajstić information content (AvgIpc) is 2.66. The van der Waals surface area contributed by atoms with Gasteiger partial charge in [-0.3, -0.25) is 9.59 Å². The van der Waals surface area contributed by atoms with Crippen LogP contribution in [0.2, 0.25) is 0 Å². The molecule has 0 heterocycles. The second-order valence-electron chi connectivity index (χ2n) is 7.53. The fraction of sp³-hybridized carbons (Fsp3) is 0.636. The third-order valence-electron chi connectivity index (χ3n) is 5.37. The van der Waals surface area contributed by atoms with Crippen molar-refractivity contribution in [3.05, 3.63) is 29.8 Å². The second kappa shape index (κ2) is 11.7. The molecule has 1 fully saturated rings. The summed E-state index contributed by atoms with van der Waals surface area (Å²) < 4.78 is 0. The Morgan fingerprint density at radius 1 is 0.923 bits per heavy atom. The number of carbonyl (C=O) groups is 2. The largest absolute Gasteiger partial charge is 0.481 e. The molecule has 4 nitrogen and oxygen atoms in total. The summed E-state index contributed by atoms with van der Waals surface area (Å²) in [6, 6.07) is 7.35. The van der Waals surface area contributed by atoms with Crippen molar-refractivity contribution < 1.29 is 14.7 Å². The van der Waals surface area contributed by atoms with Gasteiger partial charge in [0.15, 0.2) is 5.78 Å². The number of nitrogens with one attached hydrogen (secondary N) is 1. The summed E-state index contributed by atoms with van der Waals surface area (Å²) in [6.07, 6.45) is 13.7. The number of carboxylic acids is 1. The van der Waals surface area contributed by atoms with Crippen molar-refractivity contribution in [2.24, 2.45) is 5.92 Å². The Kier molecular flexibility index (Phi) is 9.22. The van der Waals surface area contributed by atoms with E-state index in [0.717, 1.165) is 18.2 Å². The Labute approximate surface area is 157 Å². The standard InChI is InChI=1S/C22H33NO3/c24-21(15-16-22(25)26)19-11-13-20(14-12-19)23-17-7-2-1-4-8-18-9-5-3-6-10-18/h11-14,18,23H,1-10,15-17H2,(H,25,26). The van der Waals surface area contributed by atoms with Gasteiger partial charge in [-0.05, 0) is 36.6 Å². The molecular formula is C22H33NO3. The van der Waals surface area contributed by atoms with Crippen LogP contribution < -0.4 is 5.32 Å². The molecule has 1 aliphatic rings. The van der Waals surface area contributed by atoms with E-state index in [-0.39, 0.29) is 18.6 Å². The lowest BCUT2D eigenvalue weighted by molar-refractivity contribution is -0.136. The van der Waals surface area contributed by atoms with Crippen molar-refractivity contribution in [3.63, 3.8) is 0 Å². The Morgan fingerprint density at radius 3 is 2.31 bits per heavy atom. The monoisotopic (exact) mass is 359 g/mol. The van der Waals surface area contributed by atoms with Crippen LogP contribution in [-0.2, 0) is 4.79 Å². The van der Waals surface area contributed by atoms with Crippen LogP contribution in [0.3, 0.4) is 0 Å². The van der Waals surface area contributed by atoms with E-state index in [2.05, 4.69) is 5.32 Å². The molecule has 0 saturated heterocycles. The molecule has 0 unspecified atom stereocenters. The number of unbranched alkanes of at least 4 members (excludes halogenated alkanes) is 3. The Morgan fingerprint density at radius 2 is 1.62 bits per heavy atom. The van der Waals surface area contributed by atoms with Crippen LogP contribution in [0.5, 0.6) is 0 Å². The highest BCUT2D eigenvalue weighted by atomic mass is 16.4. The number of Topliss-reactive ketones (excluding diaryl/α,β-unsaturated/α-hetero) is 1. The van der Waals surface area contributed by atoms with Crippen LogP contribution >= 0.6 is 0 Å². The molecule has 0 bridgehead atoms. The average molecular weight is 360 g/mol. The molecule has 0 atom stereocenters. The van der Waals surface area contributed by atoms with Crippen LogP contribution in [0.15, 0.2) is 24.3 Å². The molecule has 1 aliphatic carbocycles. The molecule has 2 rings (SSSR count). The summed E-state index contributed by atoms with van der Waals surface area (Å²) >= 11 is 0. The molecule has 0 radical (unpaired) electrons. The van der Waals surface area contributed by atoms with Crippen LogP contribution in [0.1, 0.15) is 87.4 Å². The van der Waals surface area contributed by atoms with Crippen molar-refractivity contribution in [1.82, 2.24) is 0 Å². The van der Waals surface area contributed by atoms with Crippen molar-refractivity contribution in [1.29, 1.82) is 0 Å². The molecule has 0 spiro atoms. The first-order valence-corrected chi connectivity index (χ1v) is 10.2. The predicted molar refractivity (Wildman–Crippen MR) is 106 cm³/mol. The maximum Gasteiger partial charge on any atom is 0.303 e. The zero-order valence-corrected chi connectivity index (χ0v) is 15.8. The first-order valence-electron chi connectivity index (χ1n) is 10.2. The summed E-state index contributed by atoms with van der Waals surface area (Å²) in [5.74, 6) is -0.0501. The summed E-state index contributed by atoms with van der Waals surface area (Å²) in [6.45, 7) is 0.954. The smallest absolute Gasteiger partial charge is 0.303 e. The fourth-order valence-corrected chi connectivity index (χ4v) is 3.76. The lowest BCUT2D eigenvalue weighted by Crippen LogP contribution is -2.06. The van der Waals surface area contributed by atoms with E-state index in [9.17, 15) is 9.59 Å². The number of carbonyl (C=O) groups excluding carboxylic acids is 1. The third kappa shape index (κ3) is 8.03. The molecule has 1 aromatic rings. The Balaban J connectivity index is 1.53.